The van der Waals surface area contributed by atoms with Gasteiger partial charge in [0.1, 0.15) is 22.0 Å². The summed E-state index contributed by atoms with van der Waals surface area (Å²) >= 11 is 0. The molecule has 20 heavy (non-hydrogen) atoms. The van der Waals surface area contributed by atoms with E-state index in [0.29, 0.717) is 13.1 Å². The number of rotatable bonds is 3. The first-order valence-electron chi connectivity index (χ1n) is 6.40. The fraction of sp³-hybridized carbons (Fsp3) is 0.615. The number of aryl methyl sites for hydroxylation is 2. The van der Waals surface area contributed by atoms with Gasteiger partial charge in [0.25, 0.3) is 0 Å². The van der Waals surface area contributed by atoms with Crippen LogP contribution in [0.4, 0.5) is 0 Å². The highest BCUT2D eigenvalue weighted by molar-refractivity contribution is 7.89. The lowest BCUT2D eigenvalue weighted by Crippen LogP contribution is -2.31. The molecule has 0 aromatic carbocycles. The van der Waals surface area contributed by atoms with Gasteiger partial charge in [0.05, 0.1) is 0 Å². The molecule has 0 atom stereocenters. The number of aromatic carboxylic acids is 1. The Labute approximate surface area is 118 Å². The third kappa shape index (κ3) is 2.35. The summed E-state index contributed by atoms with van der Waals surface area (Å²) in [4.78, 5) is 11.1. The van der Waals surface area contributed by atoms with Crippen molar-refractivity contribution in [3.63, 3.8) is 0 Å². The van der Waals surface area contributed by atoms with E-state index in [-0.39, 0.29) is 27.4 Å². The van der Waals surface area contributed by atoms with Crippen molar-refractivity contribution < 1.29 is 22.7 Å². The molecule has 7 heteroatoms. The normalized spacial score (nSPS) is 19.4. The maximum absolute atomic E-state index is 12.7. The standard InChI is InChI=1S/C13H19NO5S/c1-8-10(12(15)16)11(9(2)19-8)20(17,18)14-6-5-13(3,4)7-14/h5-7H2,1-4H3,(H,15,16). The highest BCUT2D eigenvalue weighted by Crippen LogP contribution is 2.36. The predicted molar refractivity (Wildman–Crippen MR) is 72.3 cm³/mol. The second kappa shape index (κ2) is 4.60. The van der Waals surface area contributed by atoms with E-state index in [1.807, 2.05) is 13.8 Å². The van der Waals surface area contributed by atoms with Crippen LogP contribution in [-0.4, -0.2) is 36.9 Å². The summed E-state index contributed by atoms with van der Waals surface area (Å²) in [5.74, 6) is -1.03. The van der Waals surface area contributed by atoms with Gasteiger partial charge >= 0.3 is 5.97 Å². The van der Waals surface area contributed by atoms with Crippen molar-refractivity contribution in [2.75, 3.05) is 13.1 Å². The summed E-state index contributed by atoms with van der Waals surface area (Å²) in [6.07, 6.45) is 0.754. The van der Waals surface area contributed by atoms with E-state index in [9.17, 15) is 18.3 Å². The van der Waals surface area contributed by atoms with Gasteiger partial charge in [-0.3, -0.25) is 0 Å². The molecule has 1 N–H and O–H groups in total. The average molecular weight is 301 g/mol. The van der Waals surface area contributed by atoms with Crippen LogP contribution in [0, 0.1) is 19.3 Å². The fourth-order valence-electron chi connectivity index (χ4n) is 2.62. The van der Waals surface area contributed by atoms with Crippen LogP contribution in [-0.2, 0) is 10.0 Å². The van der Waals surface area contributed by atoms with Crippen molar-refractivity contribution in [2.45, 2.75) is 39.0 Å². The Morgan fingerprint density at radius 2 is 1.90 bits per heavy atom. The Morgan fingerprint density at radius 3 is 2.35 bits per heavy atom. The van der Waals surface area contributed by atoms with Crippen molar-refractivity contribution in [1.82, 2.24) is 4.31 Å². The lowest BCUT2D eigenvalue weighted by molar-refractivity contribution is 0.0691. The van der Waals surface area contributed by atoms with Crippen molar-refractivity contribution in [3.05, 3.63) is 17.1 Å². The van der Waals surface area contributed by atoms with Crippen LogP contribution in [0.15, 0.2) is 9.31 Å². The molecular weight excluding hydrogens is 282 g/mol. The Bertz CT molecular complexity index is 657. The highest BCUT2D eigenvalue weighted by Gasteiger charge is 2.41. The summed E-state index contributed by atoms with van der Waals surface area (Å²) in [6, 6.07) is 0. The van der Waals surface area contributed by atoms with E-state index in [0.717, 1.165) is 6.42 Å². The van der Waals surface area contributed by atoms with Crippen LogP contribution in [0.5, 0.6) is 0 Å². The molecule has 2 heterocycles. The molecule has 0 radical (unpaired) electrons. The number of carboxylic acids is 1. The van der Waals surface area contributed by atoms with Gasteiger partial charge in [-0.25, -0.2) is 13.2 Å². The quantitative estimate of drug-likeness (QED) is 0.922. The number of hydrogen-bond acceptors (Lipinski definition) is 4. The minimum Gasteiger partial charge on any atom is -0.478 e. The lowest BCUT2D eigenvalue weighted by Gasteiger charge is -2.19. The molecule has 0 bridgehead atoms. The summed E-state index contributed by atoms with van der Waals surface area (Å²) in [5, 5.41) is 9.23. The molecule has 1 aliphatic heterocycles. The molecule has 0 amide bonds. The van der Waals surface area contributed by atoms with E-state index >= 15 is 0 Å². The minimum absolute atomic E-state index is 0.0941. The molecule has 1 aromatic rings. The van der Waals surface area contributed by atoms with Crippen LogP contribution in [0.25, 0.3) is 0 Å². The number of carboxylic acid groups (broad SMARTS) is 1. The van der Waals surface area contributed by atoms with Crippen molar-refractivity contribution >= 4 is 16.0 Å². The van der Waals surface area contributed by atoms with Crippen LogP contribution in [0.2, 0.25) is 0 Å². The van der Waals surface area contributed by atoms with Gasteiger partial charge in [-0.15, -0.1) is 0 Å². The van der Waals surface area contributed by atoms with E-state index < -0.39 is 16.0 Å². The summed E-state index contributed by atoms with van der Waals surface area (Å²) in [7, 11) is -3.84. The van der Waals surface area contributed by atoms with Gasteiger partial charge in [0.15, 0.2) is 0 Å². The van der Waals surface area contributed by atoms with Gasteiger partial charge in [0.2, 0.25) is 10.0 Å². The third-order valence-electron chi connectivity index (χ3n) is 3.66. The summed E-state index contributed by atoms with van der Waals surface area (Å²) in [6.45, 7) is 7.72. The fourth-order valence-corrected chi connectivity index (χ4v) is 4.62. The van der Waals surface area contributed by atoms with Gasteiger partial charge in [0, 0.05) is 13.1 Å². The topological polar surface area (TPSA) is 87.8 Å². The molecule has 1 saturated heterocycles. The smallest absolute Gasteiger partial charge is 0.340 e. The van der Waals surface area contributed by atoms with Gasteiger partial charge < -0.3 is 9.52 Å². The van der Waals surface area contributed by atoms with Crippen LogP contribution in [0.1, 0.15) is 42.1 Å². The van der Waals surface area contributed by atoms with Gasteiger partial charge in [-0.2, -0.15) is 4.31 Å². The molecule has 0 aliphatic carbocycles. The summed E-state index contributed by atoms with van der Waals surface area (Å²) in [5.41, 5.74) is -0.351. The molecule has 1 aliphatic rings. The van der Waals surface area contributed by atoms with Crippen LogP contribution >= 0.6 is 0 Å². The second-order valence-electron chi connectivity index (χ2n) is 5.98. The third-order valence-corrected chi connectivity index (χ3v) is 5.66. The number of nitrogens with zero attached hydrogens (tertiary/aromatic N) is 1. The Kier molecular flexibility index (Phi) is 3.46. The van der Waals surface area contributed by atoms with Crippen molar-refractivity contribution in [3.8, 4) is 0 Å². The molecule has 6 nitrogen and oxygen atoms in total. The van der Waals surface area contributed by atoms with Gasteiger partial charge in [-0.1, -0.05) is 13.8 Å². The Balaban J connectivity index is 2.54. The second-order valence-corrected chi connectivity index (χ2v) is 7.85. The lowest BCUT2D eigenvalue weighted by atomic mass is 9.93. The number of furan rings is 1. The first kappa shape index (κ1) is 15.1. The van der Waals surface area contributed by atoms with E-state index in [2.05, 4.69) is 0 Å². The zero-order valence-electron chi connectivity index (χ0n) is 12.1. The van der Waals surface area contributed by atoms with Gasteiger partial charge in [-0.05, 0) is 25.7 Å². The molecule has 1 aromatic heterocycles. The molecule has 0 spiro atoms. The molecule has 112 valence electrons. The van der Waals surface area contributed by atoms with Crippen LogP contribution in [0.3, 0.4) is 0 Å². The molecule has 0 unspecified atom stereocenters. The molecule has 2 rings (SSSR count). The van der Waals surface area contributed by atoms with E-state index in [4.69, 9.17) is 4.42 Å². The Morgan fingerprint density at radius 1 is 1.30 bits per heavy atom. The zero-order chi connectivity index (χ0) is 15.3. The maximum Gasteiger partial charge on any atom is 0.340 e. The zero-order valence-corrected chi connectivity index (χ0v) is 12.9. The average Bonchev–Trinajstić information content (AvgIpc) is 2.78. The van der Waals surface area contributed by atoms with E-state index in [1.54, 1.807) is 0 Å². The minimum atomic E-state index is -3.84. The first-order chi connectivity index (χ1) is 9.06. The largest absolute Gasteiger partial charge is 0.478 e. The number of carbonyl (C=O) groups is 1. The van der Waals surface area contributed by atoms with Crippen LogP contribution < -0.4 is 0 Å². The number of hydrogen-bond donors (Lipinski definition) is 1. The van der Waals surface area contributed by atoms with Crippen molar-refractivity contribution in [2.24, 2.45) is 5.41 Å². The number of sulfonamides is 1. The SMILES string of the molecule is Cc1oc(C)c(S(=O)(=O)N2CCC(C)(C)C2)c1C(=O)O. The van der Waals surface area contributed by atoms with Crippen molar-refractivity contribution in [1.29, 1.82) is 0 Å². The molecular formula is C13H19NO5S. The summed E-state index contributed by atoms with van der Waals surface area (Å²) < 4.78 is 31.9. The predicted octanol–water partition coefficient (Wildman–Crippen LogP) is 2.02. The highest BCUT2D eigenvalue weighted by atomic mass is 32.2. The first-order valence-corrected chi connectivity index (χ1v) is 7.84. The maximum atomic E-state index is 12.7. The Hall–Kier alpha value is -1.34. The molecule has 1 fully saturated rings. The molecule has 0 saturated carbocycles. The van der Waals surface area contributed by atoms with E-state index in [1.165, 1.54) is 18.2 Å². The monoisotopic (exact) mass is 301 g/mol.